The van der Waals surface area contributed by atoms with Crippen molar-refractivity contribution in [1.82, 2.24) is 20.0 Å². The number of hydrogen-bond acceptors (Lipinski definition) is 10. The quantitative estimate of drug-likeness (QED) is 0.657. The van der Waals surface area contributed by atoms with Crippen LogP contribution in [-0.2, 0) is 9.57 Å². The number of nitrogen functional groups attached to an aromatic ring is 1. The van der Waals surface area contributed by atoms with Crippen molar-refractivity contribution in [2.24, 2.45) is 0 Å². The van der Waals surface area contributed by atoms with E-state index < -0.39 is 6.16 Å². The van der Waals surface area contributed by atoms with Crippen LogP contribution in [0.1, 0.15) is 6.92 Å². The third kappa shape index (κ3) is 3.48. The Bertz CT molecular complexity index is 740. The Labute approximate surface area is 136 Å². The molecular formula is C13H16N6O3S. The zero-order valence-electron chi connectivity index (χ0n) is 12.6. The molecule has 0 unspecified atom stereocenters. The molecule has 1 aliphatic rings. The van der Waals surface area contributed by atoms with E-state index in [2.05, 4.69) is 21.5 Å². The molecule has 1 saturated heterocycles. The second kappa shape index (κ2) is 6.34. The minimum atomic E-state index is -0.779. The van der Waals surface area contributed by atoms with Crippen LogP contribution in [0.15, 0.2) is 17.8 Å². The molecule has 1 fully saturated rings. The second-order valence-corrected chi connectivity index (χ2v) is 5.81. The van der Waals surface area contributed by atoms with Crippen LogP contribution in [0, 0.1) is 0 Å². The summed E-state index contributed by atoms with van der Waals surface area (Å²) in [5.74, 6) is 1.22. The smallest absolute Gasteiger partial charge is 0.399 e. The van der Waals surface area contributed by atoms with Crippen molar-refractivity contribution in [3.63, 3.8) is 0 Å². The van der Waals surface area contributed by atoms with Gasteiger partial charge < -0.3 is 20.2 Å². The van der Waals surface area contributed by atoms with E-state index in [9.17, 15) is 4.79 Å². The highest BCUT2D eigenvalue weighted by atomic mass is 32.1. The zero-order chi connectivity index (χ0) is 16.4. The predicted octanol–water partition coefficient (Wildman–Crippen LogP) is 1.39. The molecule has 0 bridgehead atoms. The second-order valence-electron chi connectivity index (χ2n) is 4.97. The molecule has 3 rings (SSSR count). The van der Waals surface area contributed by atoms with Crippen LogP contribution in [0.25, 0.3) is 10.3 Å². The molecular weight excluding hydrogens is 320 g/mol. The van der Waals surface area contributed by atoms with Gasteiger partial charge in [-0.3, -0.25) is 0 Å². The molecule has 0 saturated carbocycles. The summed E-state index contributed by atoms with van der Waals surface area (Å²) in [5, 5.41) is 1.55. The van der Waals surface area contributed by atoms with Crippen molar-refractivity contribution >= 4 is 39.6 Å². The summed E-state index contributed by atoms with van der Waals surface area (Å²) in [7, 11) is 0. The Hall–Kier alpha value is -2.46. The highest BCUT2D eigenvalue weighted by molar-refractivity contribution is 7.16. The fourth-order valence-corrected chi connectivity index (χ4v) is 2.90. The molecule has 2 N–H and O–H groups in total. The SMILES string of the molecule is C=C(C)OC(=O)ON1CCN(c2nc(N)nc3scnc23)CC1. The highest BCUT2D eigenvalue weighted by Gasteiger charge is 2.24. The minimum Gasteiger partial charge on any atom is -0.399 e. The first-order valence-corrected chi connectivity index (χ1v) is 7.83. The number of nitrogens with zero attached hydrogens (tertiary/aromatic N) is 5. The lowest BCUT2D eigenvalue weighted by atomic mass is 10.3. The van der Waals surface area contributed by atoms with Gasteiger partial charge in [0.15, 0.2) is 10.6 Å². The van der Waals surface area contributed by atoms with Gasteiger partial charge in [-0.15, -0.1) is 16.4 Å². The van der Waals surface area contributed by atoms with Crippen LogP contribution >= 0.6 is 11.3 Å². The van der Waals surface area contributed by atoms with Crippen molar-refractivity contribution in [2.45, 2.75) is 6.92 Å². The predicted molar refractivity (Wildman–Crippen MR) is 85.8 cm³/mol. The van der Waals surface area contributed by atoms with Gasteiger partial charge in [-0.1, -0.05) is 6.58 Å². The van der Waals surface area contributed by atoms with E-state index in [1.807, 2.05) is 4.90 Å². The summed E-state index contributed by atoms with van der Waals surface area (Å²) in [5.41, 5.74) is 8.21. The van der Waals surface area contributed by atoms with Crippen molar-refractivity contribution in [3.05, 3.63) is 17.8 Å². The van der Waals surface area contributed by atoms with Crippen molar-refractivity contribution in [1.29, 1.82) is 0 Å². The Kier molecular flexibility index (Phi) is 4.26. The summed E-state index contributed by atoms with van der Waals surface area (Å²) in [4.78, 5) is 32.1. The first kappa shape index (κ1) is 15.4. The number of thiazole rings is 1. The number of hydroxylamine groups is 2. The fraction of sp³-hybridized carbons (Fsp3) is 0.385. The summed E-state index contributed by atoms with van der Waals surface area (Å²) >= 11 is 1.42. The third-order valence-corrected chi connectivity index (χ3v) is 3.92. The van der Waals surface area contributed by atoms with Crippen LogP contribution in [0.4, 0.5) is 16.6 Å². The molecule has 0 amide bonds. The van der Waals surface area contributed by atoms with E-state index >= 15 is 0 Å². The van der Waals surface area contributed by atoms with Crippen molar-refractivity contribution < 1.29 is 14.4 Å². The van der Waals surface area contributed by atoms with Crippen LogP contribution < -0.4 is 10.6 Å². The Balaban J connectivity index is 1.65. The molecule has 2 aromatic heterocycles. The molecule has 0 aliphatic carbocycles. The van der Waals surface area contributed by atoms with Gasteiger partial charge in [0, 0.05) is 13.1 Å². The number of allylic oxidation sites excluding steroid dienone is 1. The first-order valence-electron chi connectivity index (χ1n) is 6.95. The number of carbonyl (C=O) groups excluding carboxylic acids is 1. The molecule has 2 aromatic rings. The fourth-order valence-electron chi connectivity index (χ4n) is 2.24. The van der Waals surface area contributed by atoms with Crippen molar-refractivity contribution in [2.75, 3.05) is 36.8 Å². The molecule has 122 valence electrons. The van der Waals surface area contributed by atoms with Gasteiger partial charge in [-0.25, -0.2) is 14.8 Å². The normalized spacial score (nSPS) is 15.6. The number of hydrogen-bond donors (Lipinski definition) is 1. The summed E-state index contributed by atoms with van der Waals surface area (Å²) < 4.78 is 4.77. The average molecular weight is 336 g/mol. The molecule has 0 aromatic carbocycles. The third-order valence-electron chi connectivity index (χ3n) is 3.20. The van der Waals surface area contributed by atoms with Gasteiger partial charge in [-0.05, 0) is 6.92 Å². The van der Waals surface area contributed by atoms with Crippen LogP contribution in [0.5, 0.6) is 0 Å². The number of anilines is 2. The van der Waals surface area contributed by atoms with Gasteiger partial charge in [-0.2, -0.15) is 4.98 Å². The minimum absolute atomic E-state index is 0.223. The zero-order valence-corrected chi connectivity index (χ0v) is 13.4. The van der Waals surface area contributed by atoms with Gasteiger partial charge in [0.25, 0.3) is 0 Å². The lowest BCUT2D eigenvalue weighted by Gasteiger charge is -2.33. The van der Waals surface area contributed by atoms with E-state index in [1.165, 1.54) is 11.3 Å². The van der Waals surface area contributed by atoms with E-state index in [0.29, 0.717) is 32.0 Å². The Morgan fingerprint density at radius 3 is 2.78 bits per heavy atom. The van der Waals surface area contributed by atoms with Gasteiger partial charge in [0.1, 0.15) is 11.3 Å². The lowest BCUT2D eigenvalue weighted by Crippen LogP contribution is -2.47. The number of fused-ring (bicyclic) bond motifs is 1. The maximum absolute atomic E-state index is 11.5. The van der Waals surface area contributed by atoms with Crippen molar-refractivity contribution in [3.8, 4) is 0 Å². The lowest BCUT2D eigenvalue weighted by molar-refractivity contribution is -0.124. The average Bonchev–Trinajstić information content (AvgIpc) is 2.94. The highest BCUT2D eigenvalue weighted by Crippen LogP contribution is 2.26. The Morgan fingerprint density at radius 2 is 2.09 bits per heavy atom. The maximum Gasteiger partial charge on any atom is 0.533 e. The number of aromatic nitrogens is 3. The molecule has 0 radical (unpaired) electrons. The van der Waals surface area contributed by atoms with E-state index in [4.69, 9.17) is 15.3 Å². The number of carbonyl (C=O) groups is 1. The summed E-state index contributed by atoms with van der Waals surface area (Å²) in [6.07, 6.45) is -0.779. The van der Waals surface area contributed by atoms with E-state index in [1.54, 1.807) is 17.5 Å². The summed E-state index contributed by atoms with van der Waals surface area (Å²) in [6.45, 7) is 7.33. The summed E-state index contributed by atoms with van der Waals surface area (Å²) in [6, 6.07) is 0. The van der Waals surface area contributed by atoms with Crippen LogP contribution in [0.2, 0.25) is 0 Å². The molecule has 3 heterocycles. The standard InChI is InChI=1S/C13H16N6O3S/c1-8(2)21-13(20)22-19-5-3-18(4-6-19)10-9-11(23-7-15-9)17-12(14)16-10/h7H,1,3-6H2,2H3,(H2,14,16,17). The maximum atomic E-state index is 11.5. The van der Waals surface area contributed by atoms with Gasteiger partial charge >= 0.3 is 6.16 Å². The molecule has 1 aliphatic heterocycles. The Morgan fingerprint density at radius 1 is 1.35 bits per heavy atom. The topological polar surface area (TPSA) is 107 Å². The monoisotopic (exact) mass is 336 g/mol. The number of ether oxygens (including phenoxy) is 1. The molecule has 0 atom stereocenters. The number of nitrogens with two attached hydrogens (primary N) is 1. The van der Waals surface area contributed by atoms with Gasteiger partial charge in [0.2, 0.25) is 5.95 Å². The van der Waals surface area contributed by atoms with E-state index in [-0.39, 0.29) is 11.7 Å². The van der Waals surface area contributed by atoms with Crippen LogP contribution in [0.3, 0.4) is 0 Å². The number of piperazine rings is 1. The van der Waals surface area contributed by atoms with Crippen LogP contribution in [-0.4, -0.2) is 52.3 Å². The molecule has 9 nitrogen and oxygen atoms in total. The molecule has 0 spiro atoms. The largest absolute Gasteiger partial charge is 0.533 e. The van der Waals surface area contributed by atoms with Gasteiger partial charge in [0.05, 0.1) is 18.6 Å². The first-order chi connectivity index (χ1) is 11.0. The van der Waals surface area contributed by atoms with E-state index in [0.717, 1.165) is 10.3 Å². The molecule has 23 heavy (non-hydrogen) atoms. The molecule has 10 heteroatoms. The number of rotatable bonds is 3.